The molecule has 0 fully saturated rings. The highest BCUT2D eigenvalue weighted by atomic mass is 16.2. The number of rotatable bonds is 6. The van der Waals surface area contributed by atoms with Crippen LogP contribution in [0.2, 0.25) is 0 Å². The first-order chi connectivity index (χ1) is 15.0. The van der Waals surface area contributed by atoms with Crippen molar-refractivity contribution in [2.45, 2.75) is 25.4 Å². The Hall–Kier alpha value is -3.94. The van der Waals surface area contributed by atoms with Crippen LogP contribution in [0.3, 0.4) is 0 Å². The van der Waals surface area contributed by atoms with E-state index in [1.165, 1.54) is 11.6 Å². The third kappa shape index (κ3) is 4.05. The normalized spacial score (nSPS) is 14.7. The molecule has 2 amide bonds. The van der Waals surface area contributed by atoms with Gasteiger partial charge in [0.15, 0.2) is 0 Å². The van der Waals surface area contributed by atoms with Gasteiger partial charge in [-0.1, -0.05) is 60.7 Å². The van der Waals surface area contributed by atoms with Gasteiger partial charge in [0, 0.05) is 20.0 Å². The van der Waals surface area contributed by atoms with Crippen molar-refractivity contribution in [2.75, 3.05) is 5.32 Å². The van der Waals surface area contributed by atoms with Gasteiger partial charge in [-0.2, -0.15) is 0 Å². The Labute approximate surface area is 178 Å². The highest BCUT2D eigenvalue weighted by Crippen LogP contribution is 2.31. The van der Waals surface area contributed by atoms with Gasteiger partial charge >= 0.3 is 5.69 Å². The third-order valence-electron chi connectivity index (χ3n) is 5.39. The lowest BCUT2D eigenvalue weighted by Crippen LogP contribution is -2.40. The molecule has 1 aliphatic heterocycles. The molecular weight excluding hydrogens is 396 g/mol. The fourth-order valence-corrected chi connectivity index (χ4v) is 3.74. The van der Waals surface area contributed by atoms with Crippen molar-refractivity contribution >= 4 is 17.6 Å². The summed E-state index contributed by atoms with van der Waals surface area (Å²) in [5, 5.41) is 5.44. The van der Waals surface area contributed by atoms with Gasteiger partial charge in [0.1, 0.15) is 5.82 Å². The van der Waals surface area contributed by atoms with E-state index in [0.717, 1.165) is 15.7 Å². The highest BCUT2D eigenvalue weighted by Gasteiger charge is 2.38. The maximum atomic E-state index is 12.8. The second kappa shape index (κ2) is 8.43. The van der Waals surface area contributed by atoms with Gasteiger partial charge in [-0.25, -0.2) is 4.79 Å². The van der Waals surface area contributed by atoms with E-state index in [4.69, 9.17) is 0 Å². The van der Waals surface area contributed by atoms with Crippen LogP contribution in [0.15, 0.2) is 70.3 Å². The number of hydrogen-bond donors (Lipinski definition) is 2. The number of fused-ring (bicyclic) bond motifs is 1. The zero-order chi connectivity index (χ0) is 22.0. The van der Waals surface area contributed by atoms with E-state index < -0.39 is 23.1 Å². The second-order valence-corrected chi connectivity index (χ2v) is 7.49. The van der Waals surface area contributed by atoms with Crippen LogP contribution < -0.4 is 21.9 Å². The van der Waals surface area contributed by atoms with Crippen molar-refractivity contribution in [2.24, 2.45) is 7.05 Å². The molecule has 1 atom stereocenters. The predicted octanol–water partition coefficient (Wildman–Crippen LogP) is 1.34. The minimum atomic E-state index is -0.952. The summed E-state index contributed by atoms with van der Waals surface area (Å²) in [6.07, 6.45) is -0.176. The lowest BCUT2D eigenvalue weighted by atomic mass is 9.99. The zero-order valence-electron chi connectivity index (χ0n) is 17.0. The van der Waals surface area contributed by atoms with Crippen molar-refractivity contribution in [3.8, 4) is 0 Å². The monoisotopic (exact) mass is 418 g/mol. The zero-order valence-corrected chi connectivity index (χ0v) is 17.0. The van der Waals surface area contributed by atoms with E-state index >= 15 is 0 Å². The third-order valence-corrected chi connectivity index (χ3v) is 5.39. The maximum absolute atomic E-state index is 12.8. The lowest BCUT2D eigenvalue weighted by Gasteiger charge is -2.14. The molecule has 0 radical (unpaired) electrons. The number of hydrogen-bond acceptors (Lipinski definition) is 4. The number of aromatic nitrogens is 2. The topological polar surface area (TPSA) is 102 Å². The fraction of sp³-hybridized carbons (Fsp3) is 0.217. The predicted molar refractivity (Wildman–Crippen MR) is 116 cm³/mol. The molecule has 8 nitrogen and oxygen atoms in total. The Morgan fingerprint density at radius 1 is 0.968 bits per heavy atom. The largest absolute Gasteiger partial charge is 0.352 e. The van der Waals surface area contributed by atoms with Crippen molar-refractivity contribution in [3.05, 3.63) is 98.2 Å². The Morgan fingerprint density at radius 2 is 1.58 bits per heavy atom. The minimum Gasteiger partial charge on any atom is -0.352 e. The summed E-state index contributed by atoms with van der Waals surface area (Å²) < 4.78 is 2.35. The van der Waals surface area contributed by atoms with Crippen LogP contribution in [0.1, 0.15) is 29.0 Å². The molecular formula is C23H22N4O4. The lowest BCUT2D eigenvalue weighted by molar-refractivity contribution is -0.125. The van der Waals surface area contributed by atoms with Crippen LogP contribution in [0.25, 0.3) is 0 Å². The summed E-state index contributed by atoms with van der Waals surface area (Å²) >= 11 is 0. The quantitative estimate of drug-likeness (QED) is 0.631. The smallest absolute Gasteiger partial charge is 0.332 e. The molecule has 0 saturated heterocycles. The molecule has 2 aromatic carbocycles. The number of anilines is 1. The highest BCUT2D eigenvalue weighted by molar-refractivity contribution is 6.04. The summed E-state index contributed by atoms with van der Waals surface area (Å²) in [6, 6.07) is 18.7. The number of carbonyl (C=O) groups is 2. The first-order valence-electron chi connectivity index (χ1n) is 9.95. The Morgan fingerprint density at radius 3 is 2.23 bits per heavy atom. The van der Waals surface area contributed by atoms with Crippen LogP contribution in [0.4, 0.5) is 5.82 Å². The molecule has 2 N–H and O–H groups in total. The molecule has 0 saturated carbocycles. The molecule has 3 aromatic rings. The van der Waals surface area contributed by atoms with E-state index in [-0.39, 0.29) is 30.3 Å². The van der Waals surface area contributed by atoms with Gasteiger partial charge in [-0.05, 0) is 11.1 Å². The molecule has 8 heteroatoms. The van der Waals surface area contributed by atoms with E-state index in [1.807, 2.05) is 60.7 Å². The van der Waals surface area contributed by atoms with E-state index in [1.54, 1.807) is 0 Å². The molecule has 4 rings (SSSR count). The van der Waals surface area contributed by atoms with Crippen LogP contribution >= 0.6 is 0 Å². The summed E-state index contributed by atoms with van der Waals surface area (Å²) in [7, 11) is 1.38. The average molecular weight is 418 g/mol. The number of amides is 2. The summed E-state index contributed by atoms with van der Waals surface area (Å²) in [4.78, 5) is 50.7. The first-order valence-corrected chi connectivity index (χ1v) is 9.95. The van der Waals surface area contributed by atoms with Crippen LogP contribution in [-0.2, 0) is 29.7 Å². The SMILES string of the molecule is Cn1c(=O)c2c(n(Cc3ccccc3)c1=O)NC(=O)[C@H]2CC(=O)NCc1ccccc1. The summed E-state index contributed by atoms with van der Waals surface area (Å²) in [5.41, 5.74) is 0.840. The molecule has 1 aromatic heterocycles. The maximum Gasteiger partial charge on any atom is 0.332 e. The first kappa shape index (κ1) is 20.3. The van der Waals surface area contributed by atoms with Gasteiger partial charge in [-0.3, -0.25) is 23.5 Å². The molecule has 31 heavy (non-hydrogen) atoms. The summed E-state index contributed by atoms with van der Waals surface area (Å²) in [6.45, 7) is 0.524. The summed E-state index contributed by atoms with van der Waals surface area (Å²) in [5.74, 6) is -1.59. The van der Waals surface area contributed by atoms with Gasteiger partial charge in [0.05, 0.1) is 18.0 Å². The second-order valence-electron chi connectivity index (χ2n) is 7.49. The molecule has 0 unspecified atom stereocenters. The van der Waals surface area contributed by atoms with E-state index in [2.05, 4.69) is 10.6 Å². The number of nitrogens with one attached hydrogen (secondary N) is 2. The number of carbonyl (C=O) groups excluding carboxylic acids is 2. The Kier molecular flexibility index (Phi) is 5.53. The van der Waals surface area contributed by atoms with Gasteiger partial charge in [0.25, 0.3) is 5.56 Å². The number of nitrogens with zero attached hydrogens (tertiary/aromatic N) is 2. The van der Waals surface area contributed by atoms with Gasteiger partial charge < -0.3 is 10.6 Å². The van der Waals surface area contributed by atoms with Gasteiger partial charge in [0.2, 0.25) is 11.8 Å². The molecule has 158 valence electrons. The van der Waals surface area contributed by atoms with Crippen LogP contribution in [-0.4, -0.2) is 20.9 Å². The van der Waals surface area contributed by atoms with Crippen LogP contribution in [0, 0.1) is 0 Å². The molecule has 0 bridgehead atoms. The molecule has 1 aliphatic rings. The molecule has 0 spiro atoms. The van der Waals surface area contributed by atoms with E-state index in [0.29, 0.717) is 6.54 Å². The Balaban J connectivity index is 1.62. The molecule has 0 aliphatic carbocycles. The number of benzene rings is 2. The van der Waals surface area contributed by atoms with E-state index in [9.17, 15) is 19.2 Å². The standard InChI is InChI=1S/C23H22N4O4/c1-26-22(30)19-17(12-18(28)24-13-15-8-4-2-5-9-15)21(29)25-20(19)27(23(26)31)14-16-10-6-3-7-11-16/h2-11,17H,12-14H2,1H3,(H,24,28)(H,25,29)/t17-/m0/s1. The van der Waals surface area contributed by atoms with Crippen molar-refractivity contribution in [1.29, 1.82) is 0 Å². The van der Waals surface area contributed by atoms with Crippen molar-refractivity contribution < 1.29 is 9.59 Å². The minimum absolute atomic E-state index is 0.151. The van der Waals surface area contributed by atoms with Gasteiger partial charge in [-0.15, -0.1) is 0 Å². The average Bonchev–Trinajstić information content (AvgIpc) is 3.11. The van der Waals surface area contributed by atoms with Crippen molar-refractivity contribution in [1.82, 2.24) is 14.5 Å². The van der Waals surface area contributed by atoms with Crippen molar-refractivity contribution in [3.63, 3.8) is 0 Å². The van der Waals surface area contributed by atoms with Crippen LogP contribution in [0.5, 0.6) is 0 Å². The Bertz CT molecular complexity index is 1250. The molecule has 2 heterocycles. The fourth-order valence-electron chi connectivity index (χ4n) is 3.74.